The summed E-state index contributed by atoms with van der Waals surface area (Å²) in [5.74, 6) is -15.9. The highest BCUT2D eigenvalue weighted by Crippen LogP contribution is 2.20. The van der Waals surface area contributed by atoms with Crippen molar-refractivity contribution in [3.8, 4) is 0 Å². The Morgan fingerprint density at radius 1 is 0.620 bits per heavy atom. The summed E-state index contributed by atoms with van der Waals surface area (Å²) in [5, 5.41) is 53.8. The van der Waals surface area contributed by atoms with Crippen molar-refractivity contribution in [1.29, 1.82) is 0 Å². The van der Waals surface area contributed by atoms with Crippen molar-refractivity contribution in [1.82, 2.24) is 42.1 Å². The van der Waals surface area contributed by atoms with E-state index in [1.54, 1.807) is 44.2 Å². The highest BCUT2D eigenvalue weighted by molar-refractivity contribution is 6.00. The smallest absolute Gasteiger partial charge is 0.328 e. The number of hydrogen-bond acceptors (Lipinski definition) is 15. The molecule has 0 aromatic heterocycles. The van der Waals surface area contributed by atoms with Gasteiger partial charge in [0.25, 0.3) is 0 Å². The molecule has 1 aromatic rings. The summed E-state index contributed by atoms with van der Waals surface area (Å²) in [6.07, 6.45) is -5.14. The molecule has 392 valence electrons. The molecule has 2 rings (SSSR count). The maximum atomic E-state index is 13.8. The fourth-order valence-electron chi connectivity index (χ4n) is 7.11. The van der Waals surface area contributed by atoms with Crippen LogP contribution in [0.3, 0.4) is 0 Å². The molecule has 1 aliphatic heterocycles. The first-order valence-corrected chi connectivity index (χ1v) is 22.3. The van der Waals surface area contributed by atoms with Crippen LogP contribution in [-0.2, 0) is 68.7 Å². The largest absolute Gasteiger partial charge is 0.481 e. The van der Waals surface area contributed by atoms with E-state index in [1.165, 1.54) is 6.92 Å². The van der Waals surface area contributed by atoms with Crippen LogP contribution < -0.4 is 54.4 Å². The normalized spacial score (nSPS) is 16.9. The Kier molecular flexibility index (Phi) is 23.5. The van der Waals surface area contributed by atoms with Crippen LogP contribution in [0, 0.1) is 5.92 Å². The minimum Gasteiger partial charge on any atom is -0.481 e. The maximum Gasteiger partial charge on any atom is 0.328 e. The number of benzene rings is 1. The van der Waals surface area contributed by atoms with Gasteiger partial charge in [0.15, 0.2) is 6.04 Å². The molecule has 1 aromatic carbocycles. The second kappa shape index (κ2) is 28.0. The van der Waals surface area contributed by atoms with Crippen LogP contribution in [0.15, 0.2) is 30.3 Å². The molecule has 0 radical (unpaired) electrons. The van der Waals surface area contributed by atoms with Crippen LogP contribution in [0.5, 0.6) is 0 Å². The van der Waals surface area contributed by atoms with E-state index in [0.717, 1.165) is 11.8 Å². The number of hydrogen-bond donors (Lipinski definition) is 14. The SMILES string of the molecule is CC(C)[C@H](NC(=O)[C@@H]1CCCN1C(=O)[C@H](C)NC(=O)[C@H](CC(N)=O)NC(=O)[C@H](CC(=O)O)NC(=O)[C@H](CC(N)=O)NC(=O)[C@@H](N)CCC(=O)O)C(=O)N[C@@H](Cc1ccccc1)C(=O)N[C@H](C(=O)O)[C@@H](C)O. The number of nitrogens with two attached hydrogens (primary N) is 3. The van der Waals surface area contributed by atoms with Gasteiger partial charge in [-0.15, -0.1) is 0 Å². The van der Waals surface area contributed by atoms with Gasteiger partial charge in [0.05, 0.1) is 31.4 Å². The summed E-state index contributed by atoms with van der Waals surface area (Å²) >= 11 is 0. The van der Waals surface area contributed by atoms with Gasteiger partial charge in [0.2, 0.25) is 59.1 Å². The number of amides is 10. The number of aliphatic carboxylic acids is 3. The third-order valence-electron chi connectivity index (χ3n) is 10.9. The number of carboxylic acid groups (broad SMARTS) is 3. The average molecular weight is 1010 g/mol. The maximum absolute atomic E-state index is 13.8. The lowest BCUT2D eigenvalue weighted by Crippen LogP contribution is -2.61. The molecule has 17 N–H and O–H groups in total. The van der Waals surface area contributed by atoms with Crippen molar-refractivity contribution < 1.29 is 82.8 Å². The third-order valence-corrected chi connectivity index (χ3v) is 10.9. The lowest BCUT2D eigenvalue weighted by atomic mass is 10.00. The van der Waals surface area contributed by atoms with E-state index in [0.29, 0.717) is 5.56 Å². The molecule has 0 bridgehead atoms. The van der Waals surface area contributed by atoms with Gasteiger partial charge in [-0.3, -0.25) is 57.5 Å². The van der Waals surface area contributed by atoms with Crippen molar-refractivity contribution in [2.75, 3.05) is 6.54 Å². The fraction of sp³-hybridized carbons (Fsp3) is 0.558. The summed E-state index contributed by atoms with van der Waals surface area (Å²) in [7, 11) is 0. The van der Waals surface area contributed by atoms with Gasteiger partial charge < -0.3 is 79.7 Å². The Hall–Kier alpha value is -7.75. The van der Waals surface area contributed by atoms with Crippen molar-refractivity contribution in [2.24, 2.45) is 23.1 Å². The van der Waals surface area contributed by atoms with Crippen molar-refractivity contribution >= 4 is 77.0 Å². The summed E-state index contributed by atoms with van der Waals surface area (Å²) in [6.45, 7) is 5.53. The zero-order valence-corrected chi connectivity index (χ0v) is 39.4. The first-order chi connectivity index (χ1) is 33.1. The molecular weight excluding hydrogens is 943 g/mol. The Bertz CT molecular complexity index is 2160. The summed E-state index contributed by atoms with van der Waals surface area (Å²) in [6, 6.07) is -6.00. The number of likely N-dealkylation sites (tertiary alicyclic amines) is 1. The van der Waals surface area contributed by atoms with Gasteiger partial charge in [0, 0.05) is 19.4 Å². The van der Waals surface area contributed by atoms with Gasteiger partial charge in [0.1, 0.15) is 42.3 Å². The van der Waals surface area contributed by atoms with E-state index in [-0.39, 0.29) is 32.2 Å². The van der Waals surface area contributed by atoms with Crippen LogP contribution in [0.4, 0.5) is 0 Å². The van der Waals surface area contributed by atoms with E-state index in [4.69, 9.17) is 22.3 Å². The van der Waals surface area contributed by atoms with Gasteiger partial charge in [-0.1, -0.05) is 44.2 Å². The molecular formula is C43H63N11O17. The monoisotopic (exact) mass is 1010 g/mol. The topological polar surface area (TPSA) is 468 Å². The van der Waals surface area contributed by atoms with E-state index in [2.05, 4.69) is 31.9 Å². The minimum atomic E-state index is -2.05. The molecule has 10 amide bonds. The molecule has 28 nitrogen and oxygen atoms in total. The number of carboxylic acids is 3. The third kappa shape index (κ3) is 19.6. The van der Waals surface area contributed by atoms with E-state index < -0.39 is 169 Å². The van der Waals surface area contributed by atoms with E-state index >= 15 is 0 Å². The predicted molar refractivity (Wildman–Crippen MR) is 243 cm³/mol. The predicted octanol–water partition coefficient (Wildman–Crippen LogP) is -5.83. The molecule has 1 fully saturated rings. The lowest BCUT2D eigenvalue weighted by molar-refractivity contribution is -0.145. The van der Waals surface area contributed by atoms with Crippen LogP contribution in [-0.4, -0.2) is 169 Å². The molecule has 0 unspecified atom stereocenters. The summed E-state index contributed by atoms with van der Waals surface area (Å²) in [4.78, 5) is 167. The molecule has 10 atom stereocenters. The number of aliphatic hydroxyl groups is 1. The molecule has 0 saturated carbocycles. The quantitative estimate of drug-likeness (QED) is 0.0355. The first kappa shape index (κ1) is 59.4. The number of carbonyl (C=O) groups excluding carboxylic acids is 10. The van der Waals surface area contributed by atoms with Crippen molar-refractivity contribution in [2.45, 2.75) is 140 Å². The molecule has 0 spiro atoms. The number of aliphatic hydroxyl groups excluding tert-OH is 1. The van der Waals surface area contributed by atoms with Crippen LogP contribution in [0.1, 0.15) is 78.2 Å². The summed E-state index contributed by atoms with van der Waals surface area (Å²) < 4.78 is 0. The van der Waals surface area contributed by atoms with Gasteiger partial charge >= 0.3 is 17.9 Å². The van der Waals surface area contributed by atoms with Crippen molar-refractivity contribution in [3.05, 3.63) is 35.9 Å². The molecule has 1 saturated heterocycles. The molecule has 28 heteroatoms. The number of primary amides is 2. The lowest BCUT2D eigenvalue weighted by Gasteiger charge is -2.31. The highest BCUT2D eigenvalue weighted by Gasteiger charge is 2.40. The minimum absolute atomic E-state index is 0.00743. The number of carbonyl (C=O) groups is 13. The van der Waals surface area contributed by atoms with Gasteiger partial charge in [-0.2, -0.15) is 0 Å². The standard InChI is InChI=1S/C43H63N11O17/c1-19(2)33(41(68)51-24(15-22-9-6-5-7-10-22)39(66)53-34(21(4)55)43(70)71)52-40(67)28-11-8-14-54(28)42(69)20(3)47-36(63)25(16-29(45)56)49-38(65)27(18-32(60)61)50-37(64)26(17-30(46)57)48-35(62)23(44)12-13-31(58)59/h5-7,9-10,19-21,23-28,33-34,55H,8,11-18,44H2,1-4H3,(H2,45,56)(H2,46,57)(H,47,63)(H,48,62)(H,49,65)(H,50,64)(H,51,68)(H,52,67)(H,53,66)(H,58,59)(H,60,61)(H,70,71)/t20-,21+,23-,24-,25-,26-,27-,28-,33-,34-/m0/s1. The average Bonchev–Trinajstić information content (AvgIpc) is 3.77. The van der Waals surface area contributed by atoms with E-state index in [9.17, 15) is 77.6 Å². The molecule has 71 heavy (non-hydrogen) atoms. The number of nitrogens with one attached hydrogen (secondary N) is 7. The Balaban J connectivity index is 2.25. The van der Waals surface area contributed by atoms with E-state index in [1.807, 2.05) is 5.32 Å². The van der Waals surface area contributed by atoms with Crippen molar-refractivity contribution in [3.63, 3.8) is 0 Å². The Morgan fingerprint density at radius 2 is 1.11 bits per heavy atom. The number of nitrogens with zero attached hydrogens (tertiary/aromatic N) is 1. The molecule has 0 aliphatic carbocycles. The Morgan fingerprint density at radius 3 is 1.59 bits per heavy atom. The molecule has 1 aliphatic rings. The van der Waals surface area contributed by atoms with Crippen LogP contribution in [0.25, 0.3) is 0 Å². The van der Waals surface area contributed by atoms with Crippen LogP contribution >= 0.6 is 0 Å². The summed E-state index contributed by atoms with van der Waals surface area (Å²) in [5.41, 5.74) is 16.8. The van der Waals surface area contributed by atoms with Gasteiger partial charge in [-0.05, 0) is 44.6 Å². The number of rotatable bonds is 29. The second-order valence-electron chi connectivity index (χ2n) is 17.1. The molecule has 1 heterocycles. The highest BCUT2D eigenvalue weighted by atomic mass is 16.4. The zero-order chi connectivity index (χ0) is 53.9. The second-order valence-corrected chi connectivity index (χ2v) is 17.1. The fourth-order valence-corrected chi connectivity index (χ4v) is 7.11. The van der Waals surface area contributed by atoms with Crippen LogP contribution in [0.2, 0.25) is 0 Å². The first-order valence-electron chi connectivity index (χ1n) is 22.3. The Labute approximate surface area is 406 Å². The van der Waals surface area contributed by atoms with Gasteiger partial charge in [-0.25, -0.2) is 4.79 Å². The zero-order valence-electron chi connectivity index (χ0n) is 39.4.